The molecular weight excluding hydrogens is 220 g/mol. The van der Waals surface area contributed by atoms with Crippen LogP contribution in [0, 0.1) is 5.92 Å². The smallest absolute Gasteiger partial charge is 0.0208 e. The first-order chi connectivity index (χ1) is 8.78. The normalized spacial score (nSPS) is 22.9. The Bertz CT molecular complexity index is 336. The standard InChI is InChI=1S/C16H26N2/c1-2-14-9-6-10-18(12-14)13-16(17)11-15-7-4-3-5-8-15/h3-5,7-8,14,16H,2,6,9-13,17H2,1H3. The van der Waals surface area contributed by atoms with Crippen molar-refractivity contribution in [3.63, 3.8) is 0 Å². The molecule has 1 aliphatic rings. The molecule has 0 aliphatic carbocycles. The van der Waals surface area contributed by atoms with E-state index in [9.17, 15) is 0 Å². The average Bonchev–Trinajstić information content (AvgIpc) is 2.40. The Labute approximate surface area is 111 Å². The second-order valence-corrected chi connectivity index (χ2v) is 5.63. The van der Waals surface area contributed by atoms with Crippen molar-refractivity contribution in [2.75, 3.05) is 19.6 Å². The average molecular weight is 246 g/mol. The first kappa shape index (κ1) is 13.6. The monoisotopic (exact) mass is 246 g/mol. The van der Waals surface area contributed by atoms with Crippen LogP contribution in [-0.2, 0) is 6.42 Å². The zero-order valence-electron chi connectivity index (χ0n) is 11.5. The maximum atomic E-state index is 6.28. The number of piperidine rings is 1. The maximum absolute atomic E-state index is 6.28. The second-order valence-electron chi connectivity index (χ2n) is 5.63. The van der Waals surface area contributed by atoms with Crippen LogP contribution in [0.15, 0.2) is 30.3 Å². The molecule has 0 amide bonds. The highest BCUT2D eigenvalue weighted by atomic mass is 15.1. The van der Waals surface area contributed by atoms with E-state index in [1.165, 1.54) is 37.9 Å². The van der Waals surface area contributed by atoms with E-state index in [0.29, 0.717) is 0 Å². The second kappa shape index (κ2) is 6.91. The largest absolute Gasteiger partial charge is 0.326 e. The molecule has 2 atom stereocenters. The fourth-order valence-electron chi connectivity index (χ4n) is 2.96. The van der Waals surface area contributed by atoms with E-state index in [2.05, 4.69) is 42.2 Å². The Morgan fingerprint density at radius 1 is 1.33 bits per heavy atom. The van der Waals surface area contributed by atoms with Crippen LogP contribution in [0.1, 0.15) is 31.7 Å². The summed E-state index contributed by atoms with van der Waals surface area (Å²) in [6.07, 6.45) is 5.05. The Morgan fingerprint density at radius 3 is 2.83 bits per heavy atom. The van der Waals surface area contributed by atoms with Crippen molar-refractivity contribution in [3.8, 4) is 0 Å². The molecule has 2 heteroatoms. The molecule has 100 valence electrons. The fourth-order valence-corrected chi connectivity index (χ4v) is 2.96. The number of likely N-dealkylation sites (tertiary alicyclic amines) is 1. The van der Waals surface area contributed by atoms with Crippen molar-refractivity contribution in [1.82, 2.24) is 4.90 Å². The summed E-state index contributed by atoms with van der Waals surface area (Å²) in [5, 5.41) is 0. The lowest BCUT2D eigenvalue weighted by molar-refractivity contribution is 0.163. The van der Waals surface area contributed by atoms with Gasteiger partial charge in [-0.05, 0) is 37.3 Å². The van der Waals surface area contributed by atoms with E-state index < -0.39 is 0 Å². The van der Waals surface area contributed by atoms with Crippen molar-refractivity contribution in [2.24, 2.45) is 11.7 Å². The molecule has 0 aromatic heterocycles. The van der Waals surface area contributed by atoms with Crippen molar-refractivity contribution in [2.45, 2.75) is 38.6 Å². The minimum atomic E-state index is 0.267. The summed E-state index contributed by atoms with van der Waals surface area (Å²) in [4.78, 5) is 2.56. The molecule has 0 saturated carbocycles. The van der Waals surface area contributed by atoms with Crippen LogP contribution in [0.25, 0.3) is 0 Å². The van der Waals surface area contributed by atoms with Crippen molar-refractivity contribution in [3.05, 3.63) is 35.9 Å². The number of rotatable bonds is 5. The van der Waals surface area contributed by atoms with Gasteiger partial charge in [0.15, 0.2) is 0 Å². The summed E-state index contributed by atoms with van der Waals surface area (Å²) in [5.41, 5.74) is 7.64. The predicted octanol–water partition coefficient (Wildman–Crippen LogP) is 2.68. The summed E-state index contributed by atoms with van der Waals surface area (Å²) in [6, 6.07) is 10.9. The fraction of sp³-hybridized carbons (Fsp3) is 0.625. The van der Waals surface area contributed by atoms with Crippen molar-refractivity contribution >= 4 is 0 Å². The lowest BCUT2D eigenvalue weighted by Gasteiger charge is -2.33. The minimum absolute atomic E-state index is 0.267. The molecule has 1 saturated heterocycles. The van der Waals surface area contributed by atoms with Gasteiger partial charge in [-0.3, -0.25) is 0 Å². The summed E-state index contributed by atoms with van der Waals surface area (Å²) in [6.45, 7) is 5.83. The third-order valence-corrected chi connectivity index (χ3v) is 4.01. The van der Waals surface area contributed by atoms with Gasteiger partial charge in [-0.15, -0.1) is 0 Å². The molecule has 2 rings (SSSR count). The van der Waals surface area contributed by atoms with Gasteiger partial charge in [0.2, 0.25) is 0 Å². The first-order valence-electron chi connectivity index (χ1n) is 7.29. The highest BCUT2D eigenvalue weighted by Crippen LogP contribution is 2.19. The lowest BCUT2D eigenvalue weighted by Crippen LogP contribution is -2.43. The van der Waals surface area contributed by atoms with Crippen LogP contribution in [0.3, 0.4) is 0 Å². The molecular formula is C16H26N2. The van der Waals surface area contributed by atoms with Crippen LogP contribution in [0.2, 0.25) is 0 Å². The van der Waals surface area contributed by atoms with Crippen LogP contribution >= 0.6 is 0 Å². The minimum Gasteiger partial charge on any atom is -0.326 e. The number of nitrogens with two attached hydrogens (primary N) is 1. The summed E-state index contributed by atoms with van der Waals surface area (Å²) < 4.78 is 0. The molecule has 1 aromatic carbocycles. The summed E-state index contributed by atoms with van der Waals surface area (Å²) in [5.74, 6) is 0.891. The Balaban J connectivity index is 1.78. The number of benzene rings is 1. The summed E-state index contributed by atoms with van der Waals surface area (Å²) >= 11 is 0. The molecule has 1 fully saturated rings. The highest BCUT2D eigenvalue weighted by Gasteiger charge is 2.19. The molecule has 1 aliphatic heterocycles. The van der Waals surface area contributed by atoms with Gasteiger partial charge < -0.3 is 10.6 Å². The van der Waals surface area contributed by atoms with Crippen LogP contribution in [0.5, 0.6) is 0 Å². The van der Waals surface area contributed by atoms with E-state index in [1.54, 1.807) is 0 Å². The Morgan fingerprint density at radius 2 is 2.11 bits per heavy atom. The van der Waals surface area contributed by atoms with E-state index in [4.69, 9.17) is 5.73 Å². The third kappa shape index (κ3) is 4.11. The van der Waals surface area contributed by atoms with Crippen LogP contribution in [0.4, 0.5) is 0 Å². The molecule has 0 spiro atoms. The van der Waals surface area contributed by atoms with E-state index in [1.807, 2.05) is 0 Å². The molecule has 0 radical (unpaired) electrons. The van der Waals surface area contributed by atoms with Crippen LogP contribution < -0.4 is 5.73 Å². The van der Waals surface area contributed by atoms with Gasteiger partial charge in [0.05, 0.1) is 0 Å². The van der Waals surface area contributed by atoms with E-state index in [0.717, 1.165) is 18.9 Å². The van der Waals surface area contributed by atoms with Gasteiger partial charge in [-0.2, -0.15) is 0 Å². The van der Waals surface area contributed by atoms with Crippen molar-refractivity contribution in [1.29, 1.82) is 0 Å². The number of nitrogens with zero attached hydrogens (tertiary/aromatic N) is 1. The van der Waals surface area contributed by atoms with Gasteiger partial charge in [0.25, 0.3) is 0 Å². The topological polar surface area (TPSA) is 29.3 Å². The maximum Gasteiger partial charge on any atom is 0.0208 e. The van der Waals surface area contributed by atoms with E-state index in [-0.39, 0.29) is 6.04 Å². The molecule has 2 N–H and O–H groups in total. The number of hydrogen-bond donors (Lipinski definition) is 1. The molecule has 18 heavy (non-hydrogen) atoms. The van der Waals surface area contributed by atoms with E-state index >= 15 is 0 Å². The third-order valence-electron chi connectivity index (χ3n) is 4.01. The Hall–Kier alpha value is -0.860. The van der Waals surface area contributed by atoms with Gasteiger partial charge in [0.1, 0.15) is 0 Å². The molecule has 2 unspecified atom stereocenters. The molecule has 0 bridgehead atoms. The first-order valence-corrected chi connectivity index (χ1v) is 7.29. The SMILES string of the molecule is CCC1CCCN(CC(N)Cc2ccccc2)C1. The zero-order valence-corrected chi connectivity index (χ0v) is 11.5. The molecule has 1 aromatic rings. The lowest BCUT2D eigenvalue weighted by atomic mass is 9.95. The van der Waals surface area contributed by atoms with Gasteiger partial charge in [-0.25, -0.2) is 0 Å². The molecule has 2 nitrogen and oxygen atoms in total. The van der Waals surface area contributed by atoms with Gasteiger partial charge >= 0.3 is 0 Å². The predicted molar refractivity (Wildman–Crippen MR) is 77.6 cm³/mol. The Kier molecular flexibility index (Phi) is 5.21. The van der Waals surface area contributed by atoms with Gasteiger partial charge in [0, 0.05) is 19.1 Å². The quantitative estimate of drug-likeness (QED) is 0.865. The molecule has 1 heterocycles. The summed E-state index contributed by atoms with van der Waals surface area (Å²) in [7, 11) is 0. The van der Waals surface area contributed by atoms with Crippen molar-refractivity contribution < 1.29 is 0 Å². The van der Waals surface area contributed by atoms with Crippen LogP contribution in [-0.4, -0.2) is 30.6 Å². The van der Waals surface area contributed by atoms with Gasteiger partial charge in [-0.1, -0.05) is 43.7 Å². The highest BCUT2D eigenvalue weighted by molar-refractivity contribution is 5.15. The number of hydrogen-bond acceptors (Lipinski definition) is 2. The zero-order chi connectivity index (χ0) is 12.8.